The number of hydrogen-bond acceptors (Lipinski definition) is 5. The van der Waals surface area contributed by atoms with Crippen LogP contribution < -0.4 is 10.1 Å². The Morgan fingerprint density at radius 1 is 1.29 bits per heavy atom. The highest BCUT2D eigenvalue weighted by molar-refractivity contribution is 7.98. The van der Waals surface area contributed by atoms with E-state index in [0.717, 1.165) is 18.0 Å². The summed E-state index contributed by atoms with van der Waals surface area (Å²) in [6, 6.07) is 6.29. The summed E-state index contributed by atoms with van der Waals surface area (Å²) >= 11 is 0.962. The third-order valence-corrected chi connectivity index (χ3v) is 3.45. The van der Waals surface area contributed by atoms with Gasteiger partial charge in [-0.3, -0.25) is 4.79 Å². The predicted molar refractivity (Wildman–Crippen MR) is 84.4 cm³/mol. The van der Waals surface area contributed by atoms with Gasteiger partial charge in [-0.25, -0.2) is 9.97 Å². The lowest BCUT2D eigenvalue weighted by Crippen LogP contribution is -2.21. The second-order valence-electron chi connectivity index (χ2n) is 4.53. The van der Waals surface area contributed by atoms with Crippen molar-refractivity contribution in [2.75, 3.05) is 18.2 Å². The molecule has 0 atom stereocenters. The number of rotatable bonds is 5. The summed E-state index contributed by atoms with van der Waals surface area (Å²) in [5.41, 5.74) is -1.55. The summed E-state index contributed by atoms with van der Waals surface area (Å²) in [4.78, 5) is 19.3. The zero-order chi connectivity index (χ0) is 17.7. The van der Waals surface area contributed by atoms with Gasteiger partial charge in [-0.15, -0.1) is 0 Å². The Kier molecular flexibility index (Phi) is 5.66. The first kappa shape index (κ1) is 18.1. The van der Waals surface area contributed by atoms with Crippen molar-refractivity contribution >= 4 is 23.4 Å². The highest BCUT2D eigenvalue weighted by Gasteiger charge is 2.38. The minimum atomic E-state index is -4.75. The van der Waals surface area contributed by atoms with Gasteiger partial charge in [0.15, 0.2) is 10.9 Å². The third-order valence-electron chi connectivity index (χ3n) is 2.89. The highest BCUT2D eigenvalue weighted by atomic mass is 32.2. The molecule has 1 aromatic carbocycles. The van der Waals surface area contributed by atoms with Gasteiger partial charge < -0.3 is 10.1 Å². The SMILES string of the molecule is CCOc1ccc(NC(=O)c2cnc(SC)nc2C(F)(F)F)cc1. The number of nitrogens with zero attached hydrogens (tertiary/aromatic N) is 2. The van der Waals surface area contributed by atoms with Crippen molar-refractivity contribution in [1.82, 2.24) is 9.97 Å². The number of thioether (sulfide) groups is 1. The van der Waals surface area contributed by atoms with E-state index >= 15 is 0 Å². The first-order chi connectivity index (χ1) is 11.3. The Labute approximate surface area is 140 Å². The number of hydrogen-bond donors (Lipinski definition) is 1. The van der Waals surface area contributed by atoms with Gasteiger partial charge in [-0.05, 0) is 37.4 Å². The number of halogens is 3. The van der Waals surface area contributed by atoms with Gasteiger partial charge in [-0.2, -0.15) is 13.2 Å². The van der Waals surface area contributed by atoms with Crippen molar-refractivity contribution in [3.63, 3.8) is 0 Å². The van der Waals surface area contributed by atoms with Crippen molar-refractivity contribution in [3.05, 3.63) is 41.7 Å². The number of alkyl halides is 3. The summed E-state index contributed by atoms with van der Waals surface area (Å²) in [7, 11) is 0. The van der Waals surface area contributed by atoms with Crippen molar-refractivity contribution in [2.45, 2.75) is 18.3 Å². The maximum Gasteiger partial charge on any atom is 0.434 e. The average molecular weight is 357 g/mol. The Morgan fingerprint density at radius 3 is 2.50 bits per heavy atom. The first-order valence-electron chi connectivity index (χ1n) is 6.87. The monoisotopic (exact) mass is 357 g/mol. The number of benzene rings is 1. The molecule has 0 unspecified atom stereocenters. The van der Waals surface area contributed by atoms with E-state index in [1.165, 1.54) is 12.1 Å². The van der Waals surface area contributed by atoms with Crippen molar-refractivity contribution in [3.8, 4) is 5.75 Å². The maximum atomic E-state index is 13.1. The van der Waals surface area contributed by atoms with Crippen molar-refractivity contribution < 1.29 is 22.7 Å². The summed E-state index contributed by atoms with van der Waals surface area (Å²) in [6.45, 7) is 2.31. The molecule has 0 bridgehead atoms. The molecule has 1 N–H and O–H groups in total. The van der Waals surface area contributed by atoms with Crippen LogP contribution in [-0.2, 0) is 6.18 Å². The highest BCUT2D eigenvalue weighted by Crippen LogP contribution is 2.31. The van der Waals surface area contributed by atoms with Gasteiger partial charge in [0.25, 0.3) is 5.91 Å². The van der Waals surface area contributed by atoms with Gasteiger partial charge in [0, 0.05) is 11.9 Å². The summed E-state index contributed by atoms with van der Waals surface area (Å²) in [5.74, 6) is -0.335. The number of aromatic nitrogens is 2. The molecular weight excluding hydrogens is 343 g/mol. The van der Waals surface area contributed by atoms with E-state index < -0.39 is 23.3 Å². The molecule has 0 fully saturated rings. The van der Waals surface area contributed by atoms with Gasteiger partial charge >= 0.3 is 6.18 Å². The fraction of sp³-hybridized carbons (Fsp3) is 0.267. The molecule has 0 aliphatic carbocycles. The largest absolute Gasteiger partial charge is 0.494 e. The Morgan fingerprint density at radius 2 is 1.96 bits per heavy atom. The summed E-state index contributed by atoms with van der Waals surface area (Å²) in [6.07, 6.45) is -2.32. The van der Waals surface area contributed by atoms with E-state index in [1.54, 1.807) is 18.4 Å². The van der Waals surface area contributed by atoms with Crippen LogP contribution in [0.1, 0.15) is 23.0 Å². The molecule has 0 spiro atoms. The Hall–Kier alpha value is -2.29. The zero-order valence-corrected chi connectivity index (χ0v) is 13.7. The second-order valence-corrected chi connectivity index (χ2v) is 5.30. The molecule has 1 amide bonds. The molecule has 0 aliphatic heterocycles. The van der Waals surface area contributed by atoms with E-state index in [0.29, 0.717) is 18.0 Å². The lowest BCUT2D eigenvalue weighted by Gasteiger charge is -2.12. The fourth-order valence-electron chi connectivity index (χ4n) is 1.85. The number of ether oxygens (including phenoxy) is 1. The molecule has 5 nitrogen and oxygen atoms in total. The second kappa shape index (κ2) is 7.52. The number of carbonyl (C=O) groups is 1. The Balaban J connectivity index is 2.26. The molecule has 2 aromatic rings. The quantitative estimate of drug-likeness (QED) is 0.650. The van der Waals surface area contributed by atoms with E-state index in [1.807, 2.05) is 6.92 Å². The molecule has 0 aliphatic rings. The van der Waals surface area contributed by atoms with Gasteiger partial charge in [-0.1, -0.05) is 11.8 Å². The topological polar surface area (TPSA) is 64.1 Å². The van der Waals surface area contributed by atoms with Crippen LogP contribution >= 0.6 is 11.8 Å². The summed E-state index contributed by atoms with van der Waals surface area (Å²) < 4.78 is 44.6. The Bertz CT molecular complexity index is 721. The van der Waals surface area contributed by atoms with Crippen LogP contribution in [0.15, 0.2) is 35.6 Å². The van der Waals surface area contributed by atoms with E-state index in [-0.39, 0.29) is 5.16 Å². The van der Waals surface area contributed by atoms with E-state index in [9.17, 15) is 18.0 Å². The van der Waals surface area contributed by atoms with Crippen LogP contribution in [-0.4, -0.2) is 28.7 Å². The van der Waals surface area contributed by atoms with Crippen LogP contribution in [0.25, 0.3) is 0 Å². The molecule has 128 valence electrons. The zero-order valence-electron chi connectivity index (χ0n) is 12.8. The van der Waals surface area contributed by atoms with E-state index in [2.05, 4.69) is 15.3 Å². The van der Waals surface area contributed by atoms with Crippen LogP contribution in [0.4, 0.5) is 18.9 Å². The van der Waals surface area contributed by atoms with Gasteiger partial charge in [0.05, 0.1) is 12.2 Å². The number of anilines is 1. The number of amides is 1. The molecule has 0 saturated carbocycles. The smallest absolute Gasteiger partial charge is 0.434 e. The van der Waals surface area contributed by atoms with Crippen LogP contribution in [0.5, 0.6) is 5.75 Å². The van der Waals surface area contributed by atoms with Crippen molar-refractivity contribution in [1.29, 1.82) is 0 Å². The molecule has 0 saturated heterocycles. The molecule has 0 radical (unpaired) electrons. The first-order valence-corrected chi connectivity index (χ1v) is 8.10. The number of carbonyl (C=O) groups excluding carboxylic acids is 1. The maximum absolute atomic E-state index is 13.1. The molecule has 1 aromatic heterocycles. The normalized spacial score (nSPS) is 11.2. The van der Waals surface area contributed by atoms with Crippen LogP contribution in [0.2, 0.25) is 0 Å². The van der Waals surface area contributed by atoms with Gasteiger partial charge in [0.2, 0.25) is 0 Å². The average Bonchev–Trinajstić information content (AvgIpc) is 2.55. The lowest BCUT2D eigenvalue weighted by atomic mass is 10.2. The fourth-order valence-corrected chi connectivity index (χ4v) is 2.19. The molecule has 2 rings (SSSR count). The molecule has 9 heteroatoms. The minimum Gasteiger partial charge on any atom is -0.494 e. The summed E-state index contributed by atoms with van der Waals surface area (Å²) in [5, 5.41) is 2.34. The number of nitrogens with one attached hydrogen (secondary N) is 1. The van der Waals surface area contributed by atoms with Gasteiger partial charge in [0.1, 0.15) is 5.75 Å². The van der Waals surface area contributed by atoms with E-state index in [4.69, 9.17) is 4.74 Å². The lowest BCUT2D eigenvalue weighted by molar-refractivity contribution is -0.142. The minimum absolute atomic E-state index is 0.0556. The van der Waals surface area contributed by atoms with Crippen LogP contribution in [0, 0.1) is 0 Å². The molecular formula is C15H14F3N3O2S. The molecule has 1 heterocycles. The molecule has 24 heavy (non-hydrogen) atoms. The standard InChI is InChI=1S/C15H14F3N3O2S/c1-3-23-10-6-4-9(5-7-10)20-13(22)11-8-19-14(24-2)21-12(11)15(16,17)18/h4-8H,3H2,1-2H3,(H,20,22). The predicted octanol–water partition coefficient (Wildman–Crippen LogP) is 3.87. The van der Waals surface area contributed by atoms with Crippen molar-refractivity contribution in [2.24, 2.45) is 0 Å². The third kappa shape index (κ3) is 4.38. The van der Waals surface area contributed by atoms with Crippen LogP contribution in [0.3, 0.4) is 0 Å².